The van der Waals surface area contributed by atoms with Crippen LogP contribution in [0.5, 0.6) is 0 Å². The van der Waals surface area contributed by atoms with E-state index in [2.05, 4.69) is 9.78 Å². The van der Waals surface area contributed by atoms with E-state index in [1.54, 1.807) is 23.5 Å². The van der Waals surface area contributed by atoms with Crippen LogP contribution in [0.2, 0.25) is 0 Å². The molecule has 1 amide bonds. The topological polar surface area (TPSA) is 97.8 Å². The minimum absolute atomic E-state index is 0.0849. The molecule has 1 aliphatic rings. The second-order valence-electron chi connectivity index (χ2n) is 7.49. The number of nitrogens with two attached hydrogens (primary N) is 1. The Morgan fingerprint density at radius 2 is 2.07 bits per heavy atom. The second kappa shape index (κ2) is 7.89. The molecule has 0 aliphatic carbocycles. The molecule has 2 N–H and O–H groups in total. The van der Waals surface area contributed by atoms with Gasteiger partial charge >= 0.3 is 0 Å². The van der Waals surface area contributed by atoms with Crippen molar-refractivity contribution in [1.82, 2.24) is 14.3 Å². The summed E-state index contributed by atoms with van der Waals surface area (Å²) in [6.07, 6.45) is 5.03. The van der Waals surface area contributed by atoms with Gasteiger partial charge in [-0.3, -0.25) is 9.20 Å². The van der Waals surface area contributed by atoms with Crippen molar-refractivity contribution in [3.05, 3.63) is 52.9 Å². The van der Waals surface area contributed by atoms with E-state index in [-0.39, 0.29) is 16.7 Å². The lowest BCUT2D eigenvalue weighted by Crippen LogP contribution is -2.39. The normalized spacial score (nSPS) is 17.7. The van der Waals surface area contributed by atoms with E-state index in [0.717, 1.165) is 36.5 Å². The number of piperidine rings is 1. The number of aromatic nitrogens is 2. The summed E-state index contributed by atoms with van der Waals surface area (Å²) < 4.78 is 24.8. The number of rotatable bonds is 5. The molecule has 29 heavy (non-hydrogen) atoms. The lowest BCUT2D eigenvalue weighted by atomic mass is 9.95. The SMILES string of the molecule is Cc1nc(C2CCCN(C(=O)CCc3ccc(S(N)(=O)=O)cc3)C2)c2sccn12. The van der Waals surface area contributed by atoms with Crippen LogP contribution in [0.25, 0.3) is 4.83 Å². The summed E-state index contributed by atoms with van der Waals surface area (Å²) in [5.74, 6) is 1.38. The number of aryl methyl sites for hydroxylation is 2. The van der Waals surface area contributed by atoms with Gasteiger partial charge in [0.05, 0.1) is 10.6 Å². The van der Waals surface area contributed by atoms with Gasteiger partial charge in [0.1, 0.15) is 10.7 Å². The highest BCUT2D eigenvalue weighted by Gasteiger charge is 2.28. The maximum atomic E-state index is 12.8. The highest BCUT2D eigenvalue weighted by atomic mass is 32.2. The Morgan fingerprint density at radius 1 is 1.31 bits per heavy atom. The molecule has 1 fully saturated rings. The third-order valence-corrected chi connectivity index (χ3v) is 7.31. The van der Waals surface area contributed by atoms with Crippen LogP contribution in [-0.2, 0) is 21.2 Å². The van der Waals surface area contributed by atoms with Crippen molar-refractivity contribution < 1.29 is 13.2 Å². The van der Waals surface area contributed by atoms with E-state index in [4.69, 9.17) is 10.1 Å². The molecule has 9 heteroatoms. The molecular weight excluding hydrogens is 408 g/mol. The molecule has 7 nitrogen and oxygen atoms in total. The number of carbonyl (C=O) groups is 1. The van der Waals surface area contributed by atoms with Gasteiger partial charge in [0, 0.05) is 37.0 Å². The van der Waals surface area contributed by atoms with Crippen molar-refractivity contribution in [3.63, 3.8) is 0 Å². The number of imidazole rings is 1. The second-order valence-corrected chi connectivity index (χ2v) is 9.95. The number of sulfonamides is 1. The molecule has 1 unspecified atom stereocenters. The van der Waals surface area contributed by atoms with Gasteiger partial charge in [-0.1, -0.05) is 12.1 Å². The van der Waals surface area contributed by atoms with Crippen LogP contribution in [0.1, 0.15) is 42.3 Å². The summed E-state index contributed by atoms with van der Waals surface area (Å²) in [6.45, 7) is 3.49. The number of nitrogens with zero attached hydrogens (tertiary/aromatic N) is 3. The van der Waals surface area contributed by atoms with Crippen LogP contribution in [-0.4, -0.2) is 41.7 Å². The summed E-state index contributed by atoms with van der Waals surface area (Å²) in [5, 5.41) is 7.19. The number of amides is 1. The fraction of sp³-hybridized carbons (Fsp3) is 0.400. The molecule has 0 saturated carbocycles. The van der Waals surface area contributed by atoms with Gasteiger partial charge in [-0.15, -0.1) is 11.3 Å². The lowest BCUT2D eigenvalue weighted by molar-refractivity contribution is -0.132. The fourth-order valence-corrected chi connectivity index (χ4v) is 5.41. The van der Waals surface area contributed by atoms with E-state index in [0.29, 0.717) is 19.4 Å². The Morgan fingerprint density at radius 3 is 2.79 bits per heavy atom. The molecule has 1 aromatic carbocycles. The first-order chi connectivity index (χ1) is 13.8. The Labute approximate surface area is 174 Å². The van der Waals surface area contributed by atoms with Crippen LogP contribution in [0, 0.1) is 6.92 Å². The van der Waals surface area contributed by atoms with E-state index in [1.165, 1.54) is 17.0 Å². The summed E-state index contributed by atoms with van der Waals surface area (Å²) in [6, 6.07) is 6.40. The van der Waals surface area contributed by atoms with Crippen molar-refractivity contribution in [2.24, 2.45) is 5.14 Å². The van der Waals surface area contributed by atoms with Gasteiger partial charge in [0.2, 0.25) is 15.9 Å². The highest BCUT2D eigenvalue weighted by molar-refractivity contribution is 7.89. The minimum Gasteiger partial charge on any atom is -0.342 e. The average Bonchev–Trinajstić information content (AvgIpc) is 3.30. The van der Waals surface area contributed by atoms with E-state index < -0.39 is 10.0 Å². The van der Waals surface area contributed by atoms with Gasteiger partial charge in [-0.05, 0) is 43.9 Å². The van der Waals surface area contributed by atoms with Crippen molar-refractivity contribution in [1.29, 1.82) is 0 Å². The van der Waals surface area contributed by atoms with Crippen molar-refractivity contribution >= 4 is 32.1 Å². The number of primary sulfonamides is 1. The number of likely N-dealkylation sites (tertiary alicyclic amines) is 1. The zero-order chi connectivity index (χ0) is 20.6. The molecule has 3 heterocycles. The van der Waals surface area contributed by atoms with Gasteiger partial charge in [0.25, 0.3) is 0 Å². The van der Waals surface area contributed by atoms with Gasteiger partial charge < -0.3 is 4.90 Å². The Balaban J connectivity index is 1.39. The smallest absolute Gasteiger partial charge is 0.238 e. The maximum absolute atomic E-state index is 12.8. The fourth-order valence-electron chi connectivity index (χ4n) is 3.94. The molecule has 1 aliphatic heterocycles. The highest BCUT2D eigenvalue weighted by Crippen LogP contribution is 2.32. The predicted molar refractivity (Wildman–Crippen MR) is 112 cm³/mol. The molecule has 0 spiro atoms. The first kappa shape index (κ1) is 20.1. The van der Waals surface area contributed by atoms with Crippen LogP contribution >= 0.6 is 11.3 Å². The van der Waals surface area contributed by atoms with Crippen LogP contribution < -0.4 is 5.14 Å². The van der Waals surface area contributed by atoms with Crippen molar-refractivity contribution in [2.75, 3.05) is 13.1 Å². The summed E-state index contributed by atoms with van der Waals surface area (Å²) in [4.78, 5) is 20.8. The molecule has 154 valence electrons. The molecular formula is C20H24N4O3S2. The predicted octanol–water partition coefficient (Wildman–Crippen LogP) is 2.69. The molecule has 1 saturated heterocycles. The maximum Gasteiger partial charge on any atom is 0.238 e. The van der Waals surface area contributed by atoms with Gasteiger partial charge in [-0.2, -0.15) is 0 Å². The number of benzene rings is 1. The zero-order valence-corrected chi connectivity index (χ0v) is 17.9. The number of thiazole rings is 1. The standard InChI is InChI=1S/C20H24N4O3S2/c1-14-22-19(20-24(14)11-12-28-20)16-3-2-10-23(13-16)18(25)9-6-15-4-7-17(8-5-15)29(21,26)27/h4-5,7-8,11-12,16H,2-3,6,9-10,13H2,1H3,(H2,21,26,27). The van der Waals surface area contributed by atoms with Gasteiger partial charge in [-0.25, -0.2) is 18.5 Å². The van der Waals surface area contributed by atoms with Crippen LogP contribution in [0.3, 0.4) is 0 Å². The summed E-state index contributed by atoms with van der Waals surface area (Å²) >= 11 is 1.69. The van der Waals surface area contributed by atoms with Crippen LogP contribution in [0.15, 0.2) is 40.7 Å². The van der Waals surface area contributed by atoms with E-state index in [9.17, 15) is 13.2 Å². The first-order valence-corrected chi connectivity index (χ1v) is 12.1. The summed E-state index contributed by atoms with van der Waals surface area (Å²) in [7, 11) is -3.69. The number of hydrogen-bond acceptors (Lipinski definition) is 5. The third kappa shape index (κ3) is 4.22. The van der Waals surface area contributed by atoms with Crippen molar-refractivity contribution in [2.45, 2.75) is 43.4 Å². The minimum atomic E-state index is -3.69. The quantitative estimate of drug-likeness (QED) is 0.670. The Hall–Kier alpha value is -2.23. The molecule has 3 aromatic rings. The molecule has 0 radical (unpaired) electrons. The van der Waals surface area contributed by atoms with Gasteiger partial charge in [0.15, 0.2) is 0 Å². The van der Waals surface area contributed by atoms with Crippen molar-refractivity contribution in [3.8, 4) is 0 Å². The monoisotopic (exact) mass is 432 g/mol. The molecule has 4 rings (SSSR count). The number of carbonyl (C=O) groups excluding carboxylic acids is 1. The first-order valence-electron chi connectivity index (χ1n) is 9.64. The lowest BCUT2D eigenvalue weighted by Gasteiger charge is -2.32. The third-order valence-electron chi connectivity index (χ3n) is 5.50. The number of fused-ring (bicyclic) bond motifs is 1. The average molecular weight is 433 g/mol. The molecule has 1 atom stereocenters. The van der Waals surface area contributed by atoms with E-state index in [1.807, 2.05) is 18.0 Å². The molecule has 2 aromatic heterocycles. The summed E-state index contributed by atoms with van der Waals surface area (Å²) in [5.41, 5.74) is 2.03. The Bertz CT molecular complexity index is 1130. The number of hydrogen-bond donors (Lipinski definition) is 1. The largest absolute Gasteiger partial charge is 0.342 e. The molecule has 0 bridgehead atoms. The zero-order valence-electron chi connectivity index (χ0n) is 16.2. The van der Waals surface area contributed by atoms with Crippen LogP contribution in [0.4, 0.5) is 0 Å². The Kier molecular flexibility index (Phi) is 5.46. The van der Waals surface area contributed by atoms with E-state index >= 15 is 0 Å².